The smallest absolute Gasteiger partial charge is 0.193 e. The van der Waals surface area contributed by atoms with Crippen molar-refractivity contribution in [3.63, 3.8) is 0 Å². The molecule has 0 aliphatic rings. The van der Waals surface area contributed by atoms with Crippen LogP contribution in [0.2, 0.25) is 0 Å². The van der Waals surface area contributed by atoms with Crippen molar-refractivity contribution in [3.05, 3.63) is 72.5 Å². The SMILES string of the molecule is NC(=NCc1ccc(-c2nc3ccccc3s2)o1)Nc1ccccc1. The zero-order chi connectivity index (χ0) is 17.1. The second-order valence-corrected chi connectivity index (χ2v) is 6.48. The highest BCUT2D eigenvalue weighted by molar-refractivity contribution is 7.21. The van der Waals surface area contributed by atoms with E-state index in [9.17, 15) is 0 Å². The molecule has 4 rings (SSSR count). The number of fused-ring (bicyclic) bond motifs is 1. The van der Waals surface area contributed by atoms with Gasteiger partial charge in [0.25, 0.3) is 0 Å². The lowest BCUT2D eigenvalue weighted by atomic mass is 10.3. The first-order valence-corrected chi connectivity index (χ1v) is 8.66. The number of nitrogens with zero attached hydrogens (tertiary/aromatic N) is 2. The van der Waals surface area contributed by atoms with Crippen LogP contribution in [0.15, 0.2) is 76.1 Å². The molecule has 0 atom stereocenters. The van der Waals surface area contributed by atoms with E-state index in [1.54, 1.807) is 11.3 Å². The fourth-order valence-electron chi connectivity index (χ4n) is 2.43. The number of aliphatic imine (C=N–C) groups is 1. The number of nitrogens with two attached hydrogens (primary N) is 1. The molecule has 0 radical (unpaired) electrons. The lowest BCUT2D eigenvalue weighted by Crippen LogP contribution is -2.22. The van der Waals surface area contributed by atoms with Gasteiger partial charge in [-0.15, -0.1) is 11.3 Å². The number of hydrogen-bond donors (Lipinski definition) is 2. The van der Waals surface area contributed by atoms with Crippen LogP contribution in [-0.4, -0.2) is 10.9 Å². The summed E-state index contributed by atoms with van der Waals surface area (Å²) in [6, 6.07) is 21.6. The second-order valence-electron chi connectivity index (χ2n) is 5.45. The average Bonchev–Trinajstić information content (AvgIpc) is 3.27. The molecule has 0 fully saturated rings. The van der Waals surface area contributed by atoms with Gasteiger partial charge in [-0.05, 0) is 36.4 Å². The number of furan rings is 1. The molecule has 5 nitrogen and oxygen atoms in total. The summed E-state index contributed by atoms with van der Waals surface area (Å²) < 4.78 is 7.00. The Morgan fingerprint density at radius 1 is 1.04 bits per heavy atom. The van der Waals surface area contributed by atoms with Gasteiger partial charge in [-0.1, -0.05) is 30.3 Å². The van der Waals surface area contributed by atoms with Crippen molar-refractivity contribution in [1.29, 1.82) is 0 Å². The molecule has 0 saturated heterocycles. The van der Waals surface area contributed by atoms with Gasteiger partial charge in [0.2, 0.25) is 0 Å². The molecular weight excluding hydrogens is 332 g/mol. The van der Waals surface area contributed by atoms with Gasteiger partial charge in [0.15, 0.2) is 16.7 Å². The minimum Gasteiger partial charge on any atom is -0.457 e. The Kier molecular flexibility index (Phi) is 4.18. The predicted molar refractivity (Wildman–Crippen MR) is 103 cm³/mol. The van der Waals surface area contributed by atoms with Crippen LogP contribution in [0.4, 0.5) is 5.69 Å². The van der Waals surface area contributed by atoms with E-state index in [0.717, 1.165) is 32.4 Å². The first-order chi connectivity index (χ1) is 12.3. The topological polar surface area (TPSA) is 76.4 Å². The van der Waals surface area contributed by atoms with Gasteiger partial charge in [-0.3, -0.25) is 0 Å². The number of aromatic nitrogens is 1. The van der Waals surface area contributed by atoms with Crippen LogP contribution >= 0.6 is 11.3 Å². The van der Waals surface area contributed by atoms with Crippen LogP contribution in [0, 0.1) is 0 Å². The molecule has 3 N–H and O–H groups in total. The Morgan fingerprint density at radius 3 is 2.68 bits per heavy atom. The minimum absolute atomic E-state index is 0.351. The van der Waals surface area contributed by atoms with Crippen molar-refractivity contribution in [2.24, 2.45) is 10.7 Å². The van der Waals surface area contributed by atoms with Crippen LogP contribution < -0.4 is 11.1 Å². The summed E-state index contributed by atoms with van der Waals surface area (Å²) in [5.74, 6) is 1.84. The summed E-state index contributed by atoms with van der Waals surface area (Å²) in [5.41, 5.74) is 7.79. The highest BCUT2D eigenvalue weighted by atomic mass is 32.1. The molecule has 0 unspecified atom stereocenters. The fourth-order valence-corrected chi connectivity index (χ4v) is 3.35. The predicted octanol–water partition coefficient (Wildman–Crippen LogP) is 4.48. The first-order valence-electron chi connectivity index (χ1n) is 7.84. The monoisotopic (exact) mass is 348 g/mol. The zero-order valence-corrected chi connectivity index (χ0v) is 14.2. The largest absolute Gasteiger partial charge is 0.457 e. The van der Waals surface area contributed by atoms with E-state index in [0.29, 0.717) is 12.5 Å². The molecule has 2 aromatic carbocycles. The van der Waals surface area contributed by atoms with Gasteiger partial charge in [0.05, 0.1) is 10.2 Å². The van der Waals surface area contributed by atoms with E-state index < -0.39 is 0 Å². The number of anilines is 1. The maximum absolute atomic E-state index is 5.91. The van der Waals surface area contributed by atoms with Crippen molar-refractivity contribution in [2.75, 3.05) is 5.32 Å². The fraction of sp³-hybridized carbons (Fsp3) is 0.0526. The Hall–Kier alpha value is -3.12. The molecule has 0 saturated carbocycles. The summed E-state index contributed by atoms with van der Waals surface area (Å²) in [6.45, 7) is 0.372. The molecule has 0 aliphatic heterocycles. The number of benzene rings is 2. The number of rotatable bonds is 4. The van der Waals surface area contributed by atoms with E-state index in [1.807, 2.05) is 60.7 Å². The second kappa shape index (κ2) is 6.78. The van der Waals surface area contributed by atoms with Crippen molar-refractivity contribution < 1.29 is 4.42 Å². The van der Waals surface area contributed by atoms with Gasteiger partial charge >= 0.3 is 0 Å². The number of para-hydroxylation sites is 2. The van der Waals surface area contributed by atoms with Crippen LogP contribution in [0.1, 0.15) is 5.76 Å². The minimum atomic E-state index is 0.351. The lowest BCUT2D eigenvalue weighted by molar-refractivity contribution is 0.525. The third-order valence-electron chi connectivity index (χ3n) is 3.62. The first kappa shape index (κ1) is 15.4. The molecule has 0 spiro atoms. The Labute approximate surface area is 148 Å². The van der Waals surface area contributed by atoms with E-state index >= 15 is 0 Å². The van der Waals surface area contributed by atoms with Crippen molar-refractivity contribution in [3.8, 4) is 10.8 Å². The molecule has 6 heteroatoms. The number of guanidine groups is 1. The van der Waals surface area contributed by atoms with Crippen molar-refractivity contribution >= 4 is 33.2 Å². The van der Waals surface area contributed by atoms with Gasteiger partial charge in [-0.2, -0.15) is 0 Å². The van der Waals surface area contributed by atoms with Gasteiger partial charge in [0, 0.05) is 5.69 Å². The van der Waals surface area contributed by atoms with E-state index in [2.05, 4.69) is 21.4 Å². The lowest BCUT2D eigenvalue weighted by Gasteiger charge is -2.04. The maximum atomic E-state index is 5.91. The Morgan fingerprint density at radius 2 is 1.84 bits per heavy atom. The highest BCUT2D eigenvalue weighted by Crippen LogP contribution is 2.31. The summed E-state index contributed by atoms with van der Waals surface area (Å²) in [7, 11) is 0. The Bertz CT molecular complexity index is 987. The molecule has 0 bridgehead atoms. The quantitative estimate of drug-likeness (QED) is 0.421. The molecule has 4 aromatic rings. The maximum Gasteiger partial charge on any atom is 0.193 e. The zero-order valence-electron chi connectivity index (χ0n) is 13.3. The summed E-state index contributed by atoms with van der Waals surface area (Å²) in [4.78, 5) is 8.91. The van der Waals surface area contributed by atoms with E-state index in [4.69, 9.17) is 10.2 Å². The highest BCUT2D eigenvalue weighted by Gasteiger charge is 2.10. The van der Waals surface area contributed by atoms with Gasteiger partial charge < -0.3 is 15.5 Å². The standard InChI is InChI=1S/C19H16N4OS/c20-19(22-13-6-2-1-3-7-13)21-12-14-10-11-16(24-14)18-23-15-8-4-5-9-17(15)25-18/h1-11H,12H2,(H3,20,21,22). The average molecular weight is 348 g/mol. The molecule has 0 aliphatic carbocycles. The molecule has 25 heavy (non-hydrogen) atoms. The van der Waals surface area contributed by atoms with Crippen LogP contribution in [0.25, 0.3) is 21.0 Å². The molecular formula is C19H16N4OS. The van der Waals surface area contributed by atoms with Crippen molar-refractivity contribution in [2.45, 2.75) is 6.54 Å². The van der Waals surface area contributed by atoms with Gasteiger partial charge in [0.1, 0.15) is 12.3 Å². The normalized spacial score (nSPS) is 11.8. The molecule has 124 valence electrons. The van der Waals surface area contributed by atoms with Crippen LogP contribution in [-0.2, 0) is 6.54 Å². The Balaban J connectivity index is 1.47. The summed E-state index contributed by atoms with van der Waals surface area (Å²) in [5, 5.41) is 3.91. The van der Waals surface area contributed by atoms with Crippen LogP contribution in [0.3, 0.4) is 0 Å². The van der Waals surface area contributed by atoms with Crippen LogP contribution in [0.5, 0.6) is 0 Å². The number of hydrogen-bond acceptors (Lipinski definition) is 4. The van der Waals surface area contributed by atoms with Crippen molar-refractivity contribution in [1.82, 2.24) is 4.98 Å². The molecule has 0 amide bonds. The molecule has 2 aromatic heterocycles. The van der Waals surface area contributed by atoms with Gasteiger partial charge in [-0.25, -0.2) is 9.98 Å². The number of thiazole rings is 1. The number of nitrogens with one attached hydrogen (secondary N) is 1. The van der Waals surface area contributed by atoms with E-state index in [1.165, 1.54) is 0 Å². The third kappa shape index (κ3) is 3.54. The molecule has 2 heterocycles. The van der Waals surface area contributed by atoms with E-state index in [-0.39, 0.29) is 0 Å². The third-order valence-corrected chi connectivity index (χ3v) is 4.67. The summed E-state index contributed by atoms with van der Waals surface area (Å²) in [6.07, 6.45) is 0. The summed E-state index contributed by atoms with van der Waals surface area (Å²) >= 11 is 1.61.